The average Bonchev–Trinajstić information content (AvgIpc) is 2.73. The number of hydrogen-bond acceptors (Lipinski definition) is 7. The number of benzene rings is 1. The summed E-state index contributed by atoms with van der Waals surface area (Å²) in [6, 6.07) is 8.69. The van der Waals surface area contributed by atoms with Crippen LogP contribution >= 0.6 is 0 Å². The van der Waals surface area contributed by atoms with Crippen LogP contribution in [0.3, 0.4) is 0 Å². The zero-order valence-electron chi connectivity index (χ0n) is 17.4. The molecule has 8 nitrogen and oxygen atoms in total. The molecule has 2 aromatic rings. The van der Waals surface area contributed by atoms with Gasteiger partial charge in [0.05, 0.1) is 38.5 Å². The molecular weight excluding hydrogens is 386 g/mol. The Bertz CT molecular complexity index is 890. The Kier molecular flexibility index (Phi) is 6.96. The number of pyridine rings is 1. The third-order valence-electron chi connectivity index (χ3n) is 4.44. The van der Waals surface area contributed by atoms with Crippen LogP contribution < -0.4 is 18.9 Å². The SMILES string of the molecule is CCOc1cc(C(=O)N2CC(Oc3ccc(C#N)cn3)C2)cc(OCC)c1OCC. The first-order valence-corrected chi connectivity index (χ1v) is 9.98. The molecule has 0 bridgehead atoms. The summed E-state index contributed by atoms with van der Waals surface area (Å²) in [5.74, 6) is 1.79. The quantitative estimate of drug-likeness (QED) is 0.626. The molecular formula is C22H25N3O5. The Morgan fingerprint density at radius 3 is 2.23 bits per heavy atom. The standard InChI is InChI=1S/C22H25N3O5/c1-4-27-18-9-16(10-19(28-5-2)21(18)29-6-3)22(26)25-13-17(14-25)30-20-8-7-15(11-23)12-24-20/h7-10,12,17H,4-6,13-14H2,1-3H3. The van der Waals surface area contributed by atoms with Crippen molar-refractivity contribution < 1.29 is 23.7 Å². The van der Waals surface area contributed by atoms with Crippen molar-refractivity contribution in [1.29, 1.82) is 5.26 Å². The third kappa shape index (κ3) is 4.74. The maximum absolute atomic E-state index is 13.0. The van der Waals surface area contributed by atoms with E-state index >= 15 is 0 Å². The van der Waals surface area contributed by atoms with Crippen molar-refractivity contribution in [2.75, 3.05) is 32.9 Å². The van der Waals surface area contributed by atoms with Gasteiger partial charge in [-0.2, -0.15) is 5.26 Å². The number of hydrogen-bond donors (Lipinski definition) is 0. The van der Waals surface area contributed by atoms with Crippen molar-refractivity contribution in [2.24, 2.45) is 0 Å². The first kappa shape index (κ1) is 21.2. The van der Waals surface area contributed by atoms with E-state index in [2.05, 4.69) is 4.98 Å². The van der Waals surface area contributed by atoms with Crippen LogP contribution in [0.15, 0.2) is 30.5 Å². The summed E-state index contributed by atoms with van der Waals surface area (Å²) in [6.07, 6.45) is 1.32. The minimum absolute atomic E-state index is 0.132. The first-order chi connectivity index (χ1) is 14.6. The average molecular weight is 411 g/mol. The predicted octanol–water partition coefficient (Wildman–Crippen LogP) is 3.05. The Balaban J connectivity index is 1.69. The molecule has 30 heavy (non-hydrogen) atoms. The number of amides is 1. The molecule has 0 spiro atoms. The molecule has 0 atom stereocenters. The Labute approximate surface area is 175 Å². The molecule has 1 amide bonds. The number of carbonyl (C=O) groups is 1. The van der Waals surface area contributed by atoms with E-state index in [9.17, 15) is 4.79 Å². The van der Waals surface area contributed by atoms with E-state index in [-0.39, 0.29) is 12.0 Å². The van der Waals surface area contributed by atoms with Gasteiger partial charge in [0.15, 0.2) is 11.5 Å². The highest BCUT2D eigenvalue weighted by Crippen LogP contribution is 2.39. The zero-order valence-corrected chi connectivity index (χ0v) is 17.4. The van der Waals surface area contributed by atoms with Gasteiger partial charge in [0.25, 0.3) is 5.91 Å². The van der Waals surface area contributed by atoms with Gasteiger partial charge in [0.1, 0.15) is 12.2 Å². The van der Waals surface area contributed by atoms with Crippen LogP contribution in [0.4, 0.5) is 0 Å². The van der Waals surface area contributed by atoms with Crippen LogP contribution in [0.25, 0.3) is 0 Å². The minimum atomic E-state index is -0.144. The van der Waals surface area contributed by atoms with Crippen molar-refractivity contribution in [1.82, 2.24) is 9.88 Å². The second kappa shape index (κ2) is 9.83. The van der Waals surface area contributed by atoms with Crippen LogP contribution in [0, 0.1) is 11.3 Å². The molecule has 1 saturated heterocycles. The Morgan fingerprint density at radius 1 is 1.10 bits per heavy atom. The number of nitrogens with zero attached hydrogens (tertiary/aromatic N) is 3. The van der Waals surface area contributed by atoms with Crippen LogP contribution in [0.1, 0.15) is 36.7 Å². The molecule has 8 heteroatoms. The fourth-order valence-electron chi connectivity index (χ4n) is 3.06. The summed E-state index contributed by atoms with van der Waals surface area (Å²) in [6.45, 7) is 7.87. The van der Waals surface area contributed by atoms with Crippen molar-refractivity contribution >= 4 is 5.91 Å². The second-order valence-corrected chi connectivity index (χ2v) is 6.55. The van der Waals surface area contributed by atoms with Gasteiger partial charge in [-0.1, -0.05) is 0 Å². The maximum Gasteiger partial charge on any atom is 0.254 e. The molecule has 1 fully saturated rings. The molecule has 0 N–H and O–H groups in total. The Morgan fingerprint density at radius 2 is 1.73 bits per heavy atom. The third-order valence-corrected chi connectivity index (χ3v) is 4.44. The maximum atomic E-state index is 13.0. The minimum Gasteiger partial charge on any atom is -0.490 e. The number of carbonyl (C=O) groups excluding carboxylic acids is 1. The molecule has 0 saturated carbocycles. The molecule has 1 aromatic carbocycles. The fourth-order valence-corrected chi connectivity index (χ4v) is 3.06. The molecule has 2 heterocycles. The highest BCUT2D eigenvalue weighted by Gasteiger charge is 2.34. The largest absolute Gasteiger partial charge is 0.490 e. The lowest BCUT2D eigenvalue weighted by Gasteiger charge is -2.38. The number of likely N-dealkylation sites (tertiary alicyclic amines) is 1. The normalized spacial score (nSPS) is 13.2. The molecule has 1 aliphatic heterocycles. The summed E-state index contributed by atoms with van der Waals surface area (Å²) >= 11 is 0. The lowest BCUT2D eigenvalue weighted by Crippen LogP contribution is -2.56. The van der Waals surface area contributed by atoms with Gasteiger partial charge in [-0.05, 0) is 39.0 Å². The first-order valence-electron chi connectivity index (χ1n) is 9.98. The van der Waals surface area contributed by atoms with Gasteiger partial charge in [0.2, 0.25) is 11.6 Å². The Hall–Kier alpha value is -3.47. The van der Waals surface area contributed by atoms with Gasteiger partial charge in [-0.3, -0.25) is 4.79 Å². The van der Waals surface area contributed by atoms with E-state index in [1.807, 2.05) is 26.8 Å². The van der Waals surface area contributed by atoms with Crippen LogP contribution in [-0.4, -0.2) is 54.8 Å². The van der Waals surface area contributed by atoms with E-state index in [0.29, 0.717) is 67.2 Å². The number of aromatic nitrogens is 1. The van der Waals surface area contributed by atoms with Crippen molar-refractivity contribution in [3.8, 4) is 29.2 Å². The lowest BCUT2D eigenvalue weighted by molar-refractivity contribution is 0.0159. The smallest absolute Gasteiger partial charge is 0.254 e. The summed E-state index contributed by atoms with van der Waals surface area (Å²) in [5.41, 5.74) is 0.943. The number of rotatable bonds is 9. The summed E-state index contributed by atoms with van der Waals surface area (Å²) in [4.78, 5) is 18.7. The molecule has 0 aliphatic carbocycles. The van der Waals surface area contributed by atoms with Gasteiger partial charge < -0.3 is 23.8 Å². The van der Waals surface area contributed by atoms with E-state index in [4.69, 9.17) is 24.2 Å². The fraction of sp³-hybridized carbons (Fsp3) is 0.409. The van der Waals surface area contributed by atoms with Gasteiger partial charge in [0, 0.05) is 17.8 Å². The molecule has 1 aliphatic rings. The number of ether oxygens (including phenoxy) is 4. The lowest BCUT2D eigenvalue weighted by atomic mass is 10.1. The zero-order chi connectivity index (χ0) is 21.5. The molecule has 3 rings (SSSR count). The second-order valence-electron chi connectivity index (χ2n) is 6.55. The highest BCUT2D eigenvalue weighted by atomic mass is 16.5. The summed E-state index contributed by atoms with van der Waals surface area (Å²) in [7, 11) is 0. The highest BCUT2D eigenvalue weighted by molar-refractivity contribution is 5.96. The van der Waals surface area contributed by atoms with Crippen LogP contribution in [0.2, 0.25) is 0 Å². The van der Waals surface area contributed by atoms with Gasteiger partial charge in [-0.25, -0.2) is 4.98 Å². The topological polar surface area (TPSA) is 93.9 Å². The monoisotopic (exact) mass is 411 g/mol. The van der Waals surface area contributed by atoms with Gasteiger partial charge in [-0.15, -0.1) is 0 Å². The molecule has 158 valence electrons. The van der Waals surface area contributed by atoms with Gasteiger partial charge >= 0.3 is 0 Å². The molecule has 0 unspecified atom stereocenters. The van der Waals surface area contributed by atoms with E-state index in [1.165, 1.54) is 6.20 Å². The van der Waals surface area contributed by atoms with Crippen molar-refractivity contribution in [3.63, 3.8) is 0 Å². The van der Waals surface area contributed by atoms with Crippen LogP contribution in [0.5, 0.6) is 23.1 Å². The van der Waals surface area contributed by atoms with Crippen LogP contribution in [-0.2, 0) is 0 Å². The molecule has 0 radical (unpaired) electrons. The van der Waals surface area contributed by atoms with E-state index < -0.39 is 0 Å². The summed E-state index contributed by atoms with van der Waals surface area (Å²) < 4.78 is 22.8. The van der Waals surface area contributed by atoms with Crippen molar-refractivity contribution in [2.45, 2.75) is 26.9 Å². The van der Waals surface area contributed by atoms with E-state index in [0.717, 1.165) is 0 Å². The molecule has 1 aromatic heterocycles. The predicted molar refractivity (Wildman–Crippen MR) is 109 cm³/mol. The van der Waals surface area contributed by atoms with Crippen molar-refractivity contribution in [3.05, 3.63) is 41.6 Å². The number of nitriles is 1. The summed E-state index contributed by atoms with van der Waals surface area (Å²) in [5, 5.41) is 8.82. The van der Waals surface area contributed by atoms with E-state index in [1.54, 1.807) is 29.2 Å².